The largest absolute Gasteiger partial charge is 0.466 e. The Morgan fingerprint density at radius 1 is 0.706 bits per heavy atom. The molecular weight excluding hydrogens is 432 g/mol. The lowest BCUT2D eigenvalue weighted by Crippen LogP contribution is -2.10. The predicted octanol–water partition coefficient (Wildman–Crippen LogP) is 6.31. The van der Waals surface area contributed by atoms with Crippen molar-refractivity contribution in [2.24, 2.45) is 0 Å². The highest BCUT2D eigenvalue weighted by Crippen LogP contribution is 2.25. The van der Waals surface area contributed by atoms with Crippen molar-refractivity contribution in [3.63, 3.8) is 0 Å². The minimum absolute atomic E-state index is 0.191. The summed E-state index contributed by atoms with van der Waals surface area (Å²) >= 11 is 0. The Morgan fingerprint density at radius 2 is 1.29 bits per heavy atom. The Morgan fingerprint density at radius 3 is 2.00 bits per heavy atom. The van der Waals surface area contributed by atoms with Gasteiger partial charge < -0.3 is 14.2 Å². The summed E-state index contributed by atoms with van der Waals surface area (Å²) in [6.45, 7) is 5.57. The zero-order valence-electron chi connectivity index (χ0n) is 20.2. The van der Waals surface area contributed by atoms with Crippen molar-refractivity contribution in [2.45, 2.75) is 71.1 Å². The number of rotatable bonds is 16. The molecule has 0 N–H and O–H groups in total. The molecule has 0 unspecified atom stereocenters. The summed E-state index contributed by atoms with van der Waals surface area (Å²) in [5, 5.41) is 2.01. The van der Waals surface area contributed by atoms with Gasteiger partial charge in [0.15, 0.2) is 0 Å². The monoisotopic (exact) mass is 468 g/mol. The second-order valence-electron chi connectivity index (χ2n) is 8.42. The maximum absolute atomic E-state index is 12.2. The summed E-state index contributed by atoms with van der Waals surface area (Å²) in [7, 11) is 0. The van der Waals surface area contributed by atoms with Crippen molar-refractivity contribution in [1.82, 2.24) is 0 Å². The van der Waals surface area contributed by atoms with Crippen LogP contribution in [0.25, 0.3) is 10.8 Å². The minimum atomic E-state index is -0.424. The van der Waals surface area contributed by atoms with Gasteiger partial charge in [-0.2, -0.15) is 0 Å². The molecule has 0 aliphatic carbocycles. The van der Waals surface area contributed by atoms with Gasteiger partial charge >= 0.3 is 17.9 Å². The van der Waals surface area contributed by atoms with E-state index in [-0.39, 0.29) is 25.2 Å². The molecule has 184 valence electrons. The van der Waals surface area contributed by atoms with Gasteiger partial charge in [-0.05, 0) is 31.2 Å². The number of fused-ring (bicyclic) bond motifs is 1. The van der Waals surface area contributed by atoms with Crippen molar-refractivity contribution in [3.8, 4) is 5.75 Å². The van der Waals surface area contributed by atoms with Crippen molar-refractivity contribution in [2.75, 3.05) is 13.2 Å². The van der Waals surface area contributed by atoms with Crippen LogP contribution in [0.2, 0.25) is 0 Å². The molecule has 0 amide bonds. The summed E-state index contributed by atoms with van der Waals surface area (Å²) in [6.07, 6.45) is 8.11. The van der Waals surface area contributed by atoms with Crippen molar-refractivity contribution < 1.29 is 28.6 Å². The van der Waals surface area contributed by atoms with Crippen LogP contribution in [0.15, 0.2) is 54.6 Å². The number of hydrogen-bond donors (Lipinski definition) is 0. The van der Waals surface area contributed by atoms with E-state index >= 15 is 0 Å². The molecule has 6 nitrogen and oxygen atoms in total. The predicted molar refractivity (Wildman–Crippen MR) is 132 cm³/mol. The zero-order valence-corrected chi connectivity index (χ0v) is 20.2. The summed E-state index contributed by atoms with van der Waals surface area (Å²) in [6, 6.07) is 13.6. The fourth-order valence-electron chi connectivity index (χ4n) is 3.49. The van der Waals surface area contributed by atoms with Gasteiger partial charge in [0.25, 0.3) is 0 Å². The highest BCUT2D eigenvalue weighted by Gasteiger charge is 2.08. The second-order valence-corrected chi connectivity index (χ2v) is 8.42. The molecule has 0 aliphatic heterocycles. The molecule has 0 bridgehead atoms. The number of carbonyl (C=O) groups excluding carboxylic acids is 3. The van der Waals surface area contributed by atoms with E-state index in [1.165, 1.54) is 0 Å². The molecule has 2 aromatic carbocycles. The standard InChI is InChI=1S/C28H36O6/c1-22(2)28(31)33-21-13-20-32-26(29)18-8-6-4-3-5-7-9-19-27(30)34-25-17-12-15-23-14-10-11-16-24(23)25/h10-12,14-17H,1,3-9,13,18-21H2,2H3. The van der Waals surface area contributed by atoms with Gasteiger partial charge in [-0.15, -0.1) is 0 Å². The van der Waals surface area contributed by atoms with Crippen LogP contribution < -0.4 is 4.74 Å². The summed E-state index contributed by atoms with van der Waals surface area (Å²) in [5.41, 5.74) is 0.358. The molecule has 0 atom stereocenters. The Labute approximate surface area is 202 Å². The molecule has 0 saturated carbocycles. The van der Waals surface area contributed by atoms with Gasteiger partial charge in [0.2, 0.25) is 0 Å². The lowest BCUT2D eigenvalue weighted by molar-refractivity contribution is -0.145. The van der Waals surface area contributed by atoms with Crippen LogP contribution in [0.5, 0.6) is 5.75 Å². The van der Waals surface area contributed by atoms with Crippen LogP contribution in [0.4, 0.5) is 0 Å². The van der Waals surface area contributed by atoms with E-state index in [9.17, 15) is 14.4 Å². The second kappa shape index (κ2) is 15.6. The van der Waals surface area contributed by atoms with Crippen molar-refractivity contribution in [1.29, 1.82) is 0 Å². The van der Waals surface area contributed by atoms with E-state index in [4.69, 9.17) is 14.2 Å². The first-order chi connectivity index (χ1) is 16.5. The number of hydrogen-bond acceptors (Lipinski definition) is 6. The van der Waals surface area contributed by atoms with E-state index in [0.717, 1.165) is 55.7 Å². The van der Waals surface area contributed by atoms with E-state index in [1.54, 1.807) is 6.92 Å². The normalized spacial score (nSPS) is 10.6. The molecule has 0 fully saturated rings. The Hall–Kier alpha value is -3.15. The van der Waals surface area contributed by atoms with E-state index in [1.807, 2.05) is 42.5 Å². The Bertz CT molecular complexity index is 944. The number of esters is 3. The quantitative estimate of drug-likeness (QED) is 0.124. The maximum Gasteiger partial charge on any atom is 0.333 e. The smallest absolute Gasteiger partial charge is 0.333 e. The number of ether oxygens (including phenoxy) is 3. The molecule has 0 spiro atoms. The summed E-state index contributed by atoms with van der Waals surface area (Å²) in [5.74, 6) is -0.209. The number of benzene rings is 2. The molecule has 0 aliphatic rings. The zero-order chi connectivity index (χ0) is 24.6. The molecule has 2 rings (SSSR count). The third kappa shape index (κ3) is 10.6. The van der Waals surface area contributed by atoms with Crippen LogP contribution >= 0.6 is 0 Å². The van der Waals surface area contributed by atoms with Crippen LogP contribution in [-0.2, 0) is 23.9 Å². The van der Waals surface area contributed by atoms with Gasteiger partial charge in [-0.3, -0.25) is 9.59 Å². The molecular formula is C28H36O6. The Kier molecular flexibility index (Phi) is 12.5. The summed E-state index contributed by atoms with van der Waals surface area (Å²) < 4.78 is 15.6. The highest BCUT2D eigenvalue weighted by molar-refractivity contribution is 5.90. The number of carbonyl (C=O) groups is 3. The third-order valence-corrected chi connectivity index (χ3v) is 5.37. The third-order valence-electron chi connectivity index (χ3n) is 5.37. The molecule has 0 heterocycles. The highest BCUT2D eigenvalue weighted by atomic mass is 16.5. The maximum atomic E-state index is 12.2. The number of unbranched alkanes of at least 4 members (excludes halogenated alkanes) is 6. The fraction of sp³-hybridized carbons (Fsp3) is 0.464. The summed E-state index contributed by atoms with van der Waals surface area (Å²) in [4.78, 5) is 35.1. The van der Waals surface area contributed by atoms with E-state index in [0.29, 0.717) is 30.6 Å². The average Bonchev–Trinajstić information content (AvgIpc) is 2.82. The topological polar surface area (TPSA) is 78.9 Å². The van der Waals surface area contributed by atoms with Crippen LogP contribution in [0.3, 0.4) is 0 Å². The van der Waals surface area contributed by atoms with Crippen LogP contribution in [0.1, 0.15) is 71.1 Å². The van der Waals surface area contributed by atoms with E-state index < -0.39 is 5.97 Å². The Balaban J connectivity index is 1.42. The molecule has 0 radical (unpaired) electrons. The van der Waals surface area contributed by atoms with Gasteiger partial charge in [0.1, 0.15) is 5.75 Å². The molecule has 0 aromatic heterocycles. The average molecular weight is 469 g/mol. The van der Waals surface area contributed by atoms with E-state index in [2.05, 4.69) is 6.58 Å². The minimum Gasteiger partial charge on any atom is -0.466 e. The van der Waals surface area contributed by atoms with Gasteiger partial charge in [0, 0.05) is 30.2 Å². The molecule has 2 aromatic rings. The van der Waals surface area contributed by atoms with Gasteiger partial charge in [0.05, 0.1) is 13.2 Å². The van der Waals surface area contributed by atoms with Crippen LogP contribution in [-0.4, -0.2) is 31.1 Å². The molecule has 0 saturated heterocycles. The molecule has 34 heavy (non-hydrogen) atoms. The first kappa shape index (κ1) is 27.1. The first-order valence-corrected chi connectivity index (χ1v) is 12.1. The molecule has 6 heteroatoms. The van der Waals surface area contributed by atoms with Gasteiger partial charge in [-0.25, -0.2) is 4.79 Å². The van der Waals surface area contributed by atoms with Crippen molar-refractivity contribution >= 4 is 28.7 Å². The van der Waals surface area contributed by atoms with Crippen LogP contribution in [0, 0.1) is 0 Å². The van der Waals surface area contributed by atoms with Crippen molar-refractivity contribution in [3.05, 3.63) is 54.6 Å². The van der Waals surface area contributed by atoms with Gasteiger partial charge in [-0.1, -0.05) is 75.1 Å². The SMILES string of the molecule is C=C(C)C(=O)OCCCOC(=O)CCCCCCCCCC(=O)Oc1cccc2ccccc12. The lowest BCUT2D eigenvalue weighted by Gasteiger charge is -2.08. The lowest BCUT2D eigenvalue weighted by atomic mass is 10.1. The fourth-order valence-corrected chi connectivity index (χ4v) is 3.49. The first-order valence-electron chi connectivity index (χ1n) is 12.1.